The lowest BCUT2D eigenvalue weighted by atomic mass is 10.1. The summed E-state index contributed by atoms with van der Waals surface area (Å²) >= 11 is 0. The van der Waals surface area contributed by atoms with E-state index in [0.29, 0.717) is 5.56 Å². The molecule has 0 aromatic heterocycles. The lowest BCUT2D eigenvalue weighted by Crippen LogP contribution is -2.13. The second-order valence-corrected chi connectivity index (χ2v) is 7.13. The molecule has 0 unspecified atom stereocenters. The molecule has 3 aromatic carbocycles. The second kappa shape index (κ2) is 5.98. The van der Waals surface area contributed by atoms with Gasteiger partial charge in [-0.2, -0.15) is 0 Å². The van der Waals surface area contributed by atoms with Crippen LogP contribution in [-0.2, 0) is 10.0 Å². The van der Waals surface area contributed by atoms with Crippen molar-refractivity contribution < 1.29 is 18.3 Å². The molecule has 0 aliphatic rings. The fourth-order valence-corrected chi connectivity index (χ4v) is 3.55. The second-order valence-electron chi connectivity index (χ2n) is 5.45. The molecule has 0 spiro atoms. The maximum atomic E-state index is 12.6. The van der Waals surface area contributed by atoms with Gasteiger partial charge in [-0.05, 0) is 47.5 Å². The van der Waals surface area contributed by atoms with Gasteiger partial charge in [0.2, 0.25) is 0 Å². The van der Waals surface area contributed by atoms with E-state index in [2.05, 4.69) is 4.72 Å². The Morgan fingerprint density at radius 3 is 2.38 bits per heavy atom. The molecule has 6 heteroatoms. The third-order valence-electron chi connectivity index (χ3n) is 3.75. The Kier molecular flexibility index (Phi) is 3.99. The van der Waals surface area contributed by atoms with Crippen LogP contribution in [0.2, 0.25) is 0 Å². The zero-order valence-corrected chi connectivity index (χ0v) is 13.7. The molecule has 2 N–H and O–H groups in total. The third kappa shape index (κ3) is 3.09. The van der Waals surface area contributed by atoms with E-state index in [9.17, 15) is 13.2 Å². The van der Waals surface area contributed by atoms with Crippen molar-refractivity contribution in [1.29, 1.82) is 0 Å². The standard InChI is InChI=1S/C18H15NO4S/c1-12-6-8-15(11-17(12)18(20)21)19-24(22,23)16-9-7-13-4-2-3-5-14(13)10-16/h2-11,19H,1H3,(H,20,21). The summed E-state index contributed by atoms with van der Waals surface area (Å²) < 4.78 is 27.5. The molecule has 3 aromatic rings. The van der Waals surface area contributed by atoms with Gasteiger partial charge in [0, 0.05) is 5.69 Å². The average molecular weight is 341 g/mol. The van der Waals surface area contributed by atoms with E-state index in [-0.39, 0.29) is 16.1 Å². The van der Waals surface area contributed by atoms with Crippen molar-refractivity contribution in [3.8, 4) is 0 Å². The summed E-state index contributed by atoms with van der Waals surface area (Å²) in [6.07, 6.45) is 0. The van der Waals surface area contributed by atoms with Crippen molar-refractivity contribution in [1.82, 2.24) is 0 Å². The number of benzene rings is 3. The van der Waals surface area contributed by atoms with Crippen LogP contribution in [0.5, 0.6) is 0 Å². The number of carboxylic acids is 1. The Labute approximate surface area is 139 Å². The van der Waals surface area contributed by atoms with Crippen molar-refractivity contribution in [3.05, 3.63) is 71.8 Å². The smallest absolute Gasteiger partial charge is 0.336 e. The Morgan fingerprint density at radius 2 is 1.67 bits per heavy atom. The first-order valence-electron chi connectivity index (χ1n) is 7.22. The summed E-state index contributed by atoms with van der Waals surface area (Å²) in [5, 5.41) is 10.9. The zero-order chi connectivity index (χ0) is 17.3. The summed E-state index contributed by atoms with van der Waals surface area (Å²) in [6.45, 7) is 1.66. The van der Waals surface area contributed by atoms with Gasteiger partial charge in [0.25, 0.3) is 10.0 Å². The summed E-state index contributed by atoms with van der Waals surface area (Å²) in [6, 6.07) is 16.7. The van der Waals surface area contributed by atoms with Crippen molar-refractivity contribution in [2.45, 2.75) is 11.8 Å². The number of anilines is 1. The van der Waals surface area contributed by atoms with Gasteiger partial charge >= 0.3 is 5.97 Å². The lowest BCUT2D eigenvalue weighted by molar-refractivity contribution is 0.0696. The van der Waals surface area contributed by atoms with E-state index < -0.39 is 16.0 Å². The molecular formula is C18H15NO4S. The van der Waals surface area contributed by atoms with Crippen LogP contribution in [0.4, 0.5) is 5.69 Å². The third-order valence-corrected chi connectivity index (χ3v) is 5.13. The predicted molar refractivity (Wildman–Crippen MR) is 92.9 cm³/mol. The molecule has 24 heavy (non-hydrogen) atoms. The molecule has 0 fully saturated rings. The van der Waals surface area contributed by atoms with Crippen LogP contribution in [0, 0.1) is 6.92 Å². The first-order chi connectivity index (χ1) is 11.4. The fourth-order valence-electron chi connectivity index (χ4n) is 2.46. The summed E-state index contributed by atoms with van der Waals surface area (Å²) in [5.41, 5.74) is 0.844. The lowest BCUT2D eigenvalue weighted by Gasteiger charge is -2.10. The number of carboxylic acid groups (broad SMARTS) is 1. The van der Waals surface area contributed by atoms with Crippen LogP contribution in [0.15, 0.2) is 65.6 Å². The van der Waals surface area contributed by atoms with Gasteiger partial charge in [-0.25, -0.2) is 13.2 Å². The van der Waals surface area contributed by atoms with Gasteiger partial charge in [-0.3, -0.25) is 4.72 Å². The van der Waals surface area contributed by atoms with Gasteiger partial charge in [0.05, 0.1) is 10.5 Å². The number of sulfonamides is 1. The van der Waals surface area contributed by atoms with Crippen LogP contribution < -0.4 is 4.72 Å². The largest absolute Gasteiger partial charge is 0.478 e. The first-order valence-corrected chi connectivity index (χ1v) is 8.71. The molecule has 0 bridgehead atoms. The van der Waals surface area contributed by atoms with Gasteiger partial charge < -0.3 is 5.11 Å². The van der Waals surface area contributed by atoms with Crippen LogP contribution in [0.3, 0.4) is 0 Å². The number of hydrogen-bond donors (Lipinski definition) is 2. The van der Waals surface area contributed by atoms with Gasteiger partial charge in [-0.1, -0.05) is 36.4 Å². The van der Waals surface area contributed by atoms with E-state index in [1.807, 2.05) is 24.3 Å². The summed E-state index contributed by atoms with van der Waals surface area (Å²) in [7, 11) is -3.80. The number of carbonyl (C=O) groups is 1. The number of aromatic carboxylic acids is 1. The molecule has 0 aliphatic heterocycles. The molecule has 0 amide bonds. The summed E-state index contributed by atoms with van der Waals surface area (Å²) in [4.78, 5) is 11.3. The molecule has 0 saturated heterocycles. The number of rotatable bonds is 4. The zero-order valence-electron chi connectivity index (χ0n) is 12.9. The monoisotopic (exact) mass is 341 g/mol. The number of hydrogen-bond acceptors (Lipinski definition) is 3. The number of aryl methyl sites for hydroxylation is 1. The highest BCUT2D eigenvalue weighted by molar-refractivity contribution is 7.92. The van der Waals surface area contributed by atoms with Crippen molar-refractivity contribution in [2.75, 3.05) is 4.72 Å². The molecule has 0 aliphatic carbocycles. The molecule has 0 heterocycles. The van der Waals surface area contributed by atoms with Crippen molar-refractivity contribution in [2.24, 2.45) is 0 Å². The summed E-state index contributed by atoms with van der Waals surface area (Å²) in [5.74, 6) is -1.10. The van der Waals surface area contributed by atoms with Crippen LogP contribution in [0.25, 0.3) is 10.8 Å². The van der Waals surface area contributed by atoms with Crippen LogP contribution in [0.1, 0.15) is 15.9 Å². The Hall–Kier alpha value is -2.86. The van der Waals surface area contributed by atoms with Crippen LogP contribution in [-0.4, -0.2) is 19.5 Å². The maximum absolute atomic E-state index is 12.6. The van der Waals surface area contributed by atoms with Gasteiger partial charge in [-0.15, -0.1) is 0 Å². The van der Waals surface area contributed by atoms with Crippen molar-refractivity contribution >= 4 is 32.5 Å². The molecule has 0 radical (unpaired) electrons. The van der Waals surface area contributed by atoms with E-state index in [1.165, 1.54) is 12.1 Å². The Balaban J connectivity index is 1.98. The Bertz CT molecular complexity index is 1040. The van der Waals surface area contributed by atoms with Gasteiger partial charge in [0.15, 0.2) is 0 Å². The predicted octanol–water partition coefficient (Wildman–Crippen LogP) is 3.65. The first kappa shape index (κ1) is 16.0. The Morgan fingerprint density at radius 1 is 0.958 bits per heavy atom. The fraction of sp³-hybridized carbons (Fsp3) is 0.0556. The van der Waals surface area contributed by atoms with Crippen LogP contribution >= 0.6 is 0 Å². The molecule has 5 nitrogen and oxygen atoms in total. The minimum atomic E-state index is -3.80. The number of fused-ring (bicyclic) bond motifs is 1. The normalized spacial score (nSPS) is 11.4. The molecular weight excluding hydrogens is 326 g/mol. The van der Waals surface area contributed by atoms with Crippen molar-refractivity contribution in [3.63, 3.8) is 0 Å². The average Bonchev–Trinajstić information content (AvgIpc) is 2.55. The minimum absolute atomic E-state index is 0.0636. The highest BCUT2D eigenvalue weighted by Gasteiger charge is 2.16. The molecule has 3 rings (SSSR count). The molecule has 0 saturated carbocycles. The quantitative estimate of drug-likeness (QED) is 0.759. The molecule has 122 valence electrons. The maximum Gasteiger partial charge on any atom is 0.336 e. The highest BCUT2D eigenvalue weighted by atomic mass is 32.2. The van der Waals surface area contributed by atoms with Gasteiger partial charge in [0.1, 0.15) is 0 Å². The minimum Gasteiger partial charge on any atom is -0.478 e. The molecule has 0 atom stereocenters. The topological polar surface area (TPSA) is 83.5 Å². The SMILES string of the molecule is Cc1ccc(NS(=O)(=O)c2ccc3ccccc3c2)cc1C(=O)O. The highest BCUT2D eigenvalue weighted by Crippen LogP contribution is 2.22. The number of nitrogens with one attached hydrogen (secondary N) is 1. The van der Waals surface area contributed by atoms with E-state index in [0.717, 1.165) is 10.8 Å². The van der Waals surface area contributed by atoms with E-state index >= 15 is 0 Å². The van der Waals surface area contributed by atoms with E-state index in [1.54, 1.807) is 31.2 Å². The van der Waals surface area contributed by atoms with E-state index in [4.69, 9.17) is 5.11 Å².